The van der Waals surface area contributed by atoms with E-state index >= 15 is 0 Å². The van der Waals surface area contributed by atoms with Gasteiger partial charge in [0.05, 0.1) is 12.5 Å². The van der Waals surface area contributed by atoms with Gasteiger partial charge in [0, 0.05) is 20.0 Å². The summed E-state index contributed by atoms with van der Waals surface area (Å²) in [4.78, 5) is 26.3. The molecule has 0 aromatic heterocycles. The number of carbonyl (C=O) groups is 2. The topological polar surface area (TPSA) is 61.4 Å². The number of nitrogens with one attached hydrogen (secondary N) is 2. The van der Waals surface area contributed by atoms with Gasteiger partial charge in [0.25, 0.3) is 0 Å². The van der Waals surface area contributed by atoms with Crippen LogP contribution in [0.5, 0.6) is 0 Å². The summed E-state index contributed by atoms with van der Waals surface area (Å²) >= 11 is 0. The van der Waals surface area contributed by atoms with E-state index in [0.29, 0.717) is 6.54 Å². The minimum atomic E-state index is -0.324. The van der Waals surface area contributed by atoms with Crippen LogP contribution in [0.15, 0.2) is 54.6 Å². The lowest BCUT2D eigenvalue weighted by Crippen LogP contribution is -2.32. The van der Waals surface area contributed by atoms with Crippen molar-refractivity contribution >= 4 is 11.8 Å². The van der Waals surface area contributed by atoms with Crippen LogP contribution in [0.3, 0.4) is 0 Å². The first-order valence-corrected chi connectivity index (χ1v) is 9.90. The molecule has 0 aliphatic rings. The molecule has 1 atom stereocenters. The molecular weight excluding hydrogens is 350 g/mol. The average molecular weight is 382 g/mol. The predicted octanol–water partition coefficient (Wildman–Crippen LogP) is 3.41. The highest BCUT2D eigenvalue weighted by Gasteiger charge is 2.16. The van der Waals surface area contributed by atoms with Crippen LogP contribution >= 0.6 is 0 Å². The SMILES string of the molecule is CCN(CC)Cc1ccc(CNC(=O)C[C@@H](NC(C)=O)c2ccccc2)cc1. The summed E-state index contributed by atoms with van der Waals surface area (Å²) in [7, 11) is 0. The van der Waals surface area contributed by atoms with E-state index in [1.165, 1.54) is 12.5 Å². The lowest BCUT2D eigenvalue weighted by atomic mass is 10.0. The van der Waals surface area contributed by atoms with Gasteiger partial charge in [0.2, 0.25) is 11.8 Å². The highest BCUT2D eigenvalue weighted by Crippen LogP contribution is 2.16. The molecule has 5 nitrogen and oxygen atoms in total. The zero-order valence-electron chi connectivity index (χ0n) is 17.1. The Bertz CT molecular complexity index is 740. The number of hydrogen-bond donors (Lipinski definition) is 2. The molecule has 2 amide bonds. The molecule has 0 aliphatic heterocycles. The summed E-state index contributed by atoms with van der Waals surface area (Å²) < 4.78 is 0. The normalized spacial score (nSPS) is 11.9. The van der Waals surface area contributed by atoms with E-state index in [1.54, 1.807) is 0 Å². The second-order valence-electron chi connectivity index (χ2n) is 6.92. The fraction of sp³-hybridized carbons (Fsp3) is 0.391. The summed E-state index contributed by atoms with van der Waals surface area (Å²) in [5.41, 5.74) is 3.26. The smallest absolute Gasteiger partial charge is 0.222 e. The molecule has 150 valence electrons. The Balaban J connectivity index is 1.89. The molecule has 0 heterocycles. The lowest BCUT2D eigenvalue weighted by molar-refractivity contribution is -0.122. The van der Waals surface area contributed by atoms with Crippen molar-refractivity contribution in [2.24, 2.45) is 0 Å². The maximum Gasteiger partial charge on any atom is 0.222 e. The third-order valence-electron chi connectivity index (χ3n) is 4.78. The molecule has 0 bridgehead atoms. The monoisotopic (exact) mass is 381 g/mol. The van der Waals surface area contributed by atoms with E-state index in [4.69, 9.17) is 0 Å². The van der Waals surface area contributed by atoms with Gasteiger partial charge in [-0.1, -0.05) is 68.4 Å². The van der Waals surface area contributed by atoms with Gasteiger partial charge in [-0.25, -0.2) is 0 Å². The first-order chi connectivity index (χ1) is 13.5. The molecule has 0 saturated carbocycles. The largest absolute Gasteiger partial charge is 0.352 e. The minimum absolute atomic E-state index is 0.0881. The second-order valence-corrected chi connectivity index (χ2v) is 6.92. The van der Waals surface area contributed by atoms with E-state index < -0.39 is 0 Å². The van der Waals surface area contributed by atoms with E-state index in [-0.39, 0.29) is 24.3 Å². The summed E-state index contributed by atoms with van der Waals surface area (Å²) in [6.45, 7) is 9.28. The number of rotatable bonds is 10. The Morgan fingerprint density at radius 2 is 1.54 bits per heavy atom. The molecule has 2 rings (SSSR count). The van der Waals surface area contributed by atoms with Gasteiger partial charge in [0.15, 0.2) is 0 Å². The molecule has 0 saturated heterocycles. The quantitative estimate of drug-likeness (QED) is 0.663. The third-order valence-corrected chi connectivity index (χ3v) is 4.78. The van der Waals surface area contributed by atoms with E-state index in [9.17, 15) is 9.59 Å². The van der Waals surface area contributed by atoms with Crippen molar-refractivity contribution in [1.29, 1.82) is 0 Å². The molecule has 0 fully saturated rings. The van der Waals surface area contributed by atoms with Crippen LogP contribution in [0, 0.1) is 0 Å². The van der Waals surface area contributed by atoms with Gasteiger partial charge < -0.3 is 10.6 Å². The van der Waals surface area contributed by atoms with Crippen molar-refractivity contribution in [3.05, 3.63) is 71.3 Å². The maximum atomic E-state index is 12.4. The number of amides is 2. The van der Waals surface area contributed by atoms with Crippen LogP contribution in [0.2, 0.25) is 0 Å². The Morgan fingerprint density at radius 1 is 0.929 bits per heavy atom. The highest BCUT2D eigenvalue weighted by molar-refractivity contribution is 5.79. The van der Waals surface area contributed by atoms with Crippen molar-refractivity contribution < 1.29 is 9.59 Å². The Kier molecular flexibility index (Phi) is 8.69. The second kappa shape index (κ2) is 11.2. The summed E-state index contributed by atoms with van der Waals surface area (Å²) in [5, 5.41) is 5.81. The molecule has 0 radical (unpaired) electrons. The highest BCUT2D eigenvalue weighted by atomic mass is 16.2. The van der Waals surface area contributed by atoms with Crippen LogP contribution in [0.25, 0.3) is 0 Å². The Morgan fingerprint density at radius 3 is 2.11 bits per heavy atom. The van der Waals surface area contributed by atoms with Gasteiger partial charge in [-0.2, -0.15) is 0 Å². The van der Waals surface area contributed by atoms with E-state index in [1.807, 2.05) is 30.3 Å². The molecule has 2 aromatic rings. The first kappa shape index (κ1) is 21.6. The van der Waals surface area contributed by atoms with Crippen molar-refractivity contribution in [3.63, 3.8) is 0 Å². The summed E-state index contributed by atoms with van der Waals surface area (Å²) in [5.74, 6) is -0.236. The molecule has 2 aromatic carbocycles. The van der Waals surface area contributed by atoms with Crippen molar-refractivity contribution in [1.82, 2.24) is 15.5 Å². The first-order valence-electron chi connectivity index (χ1n) is 9.90. The Labute approximate surface area is 168 Å². The lowest BCUT2D eigenvalue weighted by Gasteiger charge is -2.19. The minimum Gasteiger partial charge on any atom is -0.352 e. The average Bonchev–Trinajstić information content (AvgIpc) is 2.71. The van der Waals surface area contributed by atoms with Gasteiger partial charge >= 0.3 is 0 Å². The van der Waals surface area contributed by atoms with Crippen LogP contribution in [0.1, 0.15) is 49.9 Å². The third kappa shape index (κ3) is 7.16. The molecular formula is C23H31N3O2. The van der Waals surface area contributed by atoms with Crippen molar-refractivity contribution in [2.45, 2.75) is 46.3 Å². The van der Waals surface area contributed by atoms with Gasteiger partial charge in [-0.15, -0.1) is 0 Å². The number of benzene rings is 2. The predicted molar refractivity (Wildman–Crippen MR) is 113 cm³/mol. The molecule has 28 heavy (non-hydrogen) atoms. The zero-order valence-corrected chi connectivity index (χ0v) is 17.1. The van der Waals surface area contributed by atoms with Crippen molar-refractivity contribution in [2.75, 3.05) is 13.1 Å². The van der Waals surface area contributed by atoms with Crippen LogP contribution in [0.4, 0.5) is 0 Å². The molecule has 0 aliphatic carbocycles. The zero-order chi connectivity index (χ0) is 20.4. The van der Waals surface area contributed by atoms with Crippen LogP contribution < -0.4 is 10.6 Å². The number of carbonyl (C=O) groups excluding carboxylic acids is 2. The van der Waals surface area contributed by atoms with Gasteiger partial charge in [-0.3, -0.25) is 14.5 Å². The summed E-state index contributed by atoms with van der Waals surface area (Å²) in [6, 6.07) is 17.6. The Hall–Kier alpha value is -2.66. The van der Waals surface area contributed by atoms with Crippen LogP contribution in [-0.2, 0) is 22.7 Å². The molecule has 0 unspecified atom stereocenters. The molecule has 2 N–H and O–H groups in total. The van der Waals surface area contributed by atoms with Crippen LogP contribution in [-0.4, -0.2) is 29.8 Å². The van der Waals surface area contributed by atoms with Gasteiger partial charge in [0.1, 0.15) is 0 Å². The standard InChI is InChI=1S/C23H31N3O2/c1-4-26(5-2)17-20-13-11-19(12-14-20)16-24-23(28)15-22(25-18(3)27)21-9-7-6-8-10-21/h6-14,22H,4-5,15-17H2,1-3H3,(H,24,28)(H,25,27)/t22-/m1/s1. The fourth-order valence-corrected chi connectivity index (χ4v) is 3.11. The van der Waals surface area contributed by atoms with Crippen molar-refractivity contribution in [3.8, 4) is 0 Å². The molecule has 0 spiro atoms. The maximum absolute atomic E-state index is 12.4. The fourth-order valence-electron chi connectivity index (χ4n) is 3.11. The number of nitrogens with zero attached hydrogens (tertiary/aromatic N) is 1. The molecule has 5 heteroatoms. The van der Waals surface area contributed by atoms with E-state index in [2.05, 4.69) is 53.6 Å². The number of hydrogen-bond acceptors (Lipinski definition) is 3. The van der Waals surface area contributed by atoms with E-state index in [0.717, 1.165) is 30.8 Å². The van der Waals surface area contributed by atoms with Gasteiger partial charge in [-0.05, 0) is 29.8 Å². The summed E-state index contributed by atoms with van der Waals surface area (Å²) in [6.07, 6.45) is 0.212.